The highest BCUT2D eigenvalue weighted by molar-refractivity contribution is 5.74. The summed E-state index contributed by atoms with van der Waals surface area (Å²) in [4.78, 5) is 94.6. The Morgan fingerprint density at radius 2 is 1.54 bits per heavy atom. The third-order valence-electron chi connectivity index (χ3n) is 15.0. The second-order valence-electron chi connectivity index (χ2n) is 17.9. The predicted octanol–water partition coefficient (Wildman–Crippen LogP) is 2.30. The average molecular weight is 863 g/mol. The number of carbonyl (C=O) groups is 7. The Hall–Kier alpha value is -4.59. The summed E-state index contributed by atoms with van der Waals surface area (Å²) in [5.41, 5.74) is -16.6. The topological polar surface area (TPSA) is 256 Å². The molecule has 1 aromatic rings. The van der Waals surface area contributed by atoms with Crippen LogP contribution < -0.4 is 0 Å². The average Bonchev–Trinajstić information content (AvgIpc) is 3.98. The summed E-state index contributed by atoms with van der Waals surface area (Å²) in [6.45, 7) is 10.8. The molecule has 6 fully saturated rings. The maximum Gasteiger partial charge on any atom is 0.305 e. The van der Waals surface area contributed by atoms with Gasteiger partial charge >= 0.3 is 41.8 Å². The van der Waals surface area contributed by atoms with Crippen LogP contribution in [-0.4, -0.2) is 118 Å². The molecule has 1 aromatic heterocycles. The first kappa shape index (κ1) is 44.5. The Kier molecular flexibility index (Phi) is 10.4. The normalized spacial score (nSPS) is 43.7. The maximum absolute atomic E-state index is 14.8. The van der Waals surface area contributed by atoms with Crippen LogP contribution in [0.5, 0.6) is 0 Å². The summed E-state index contributed by atoms with van der Waals surface area (Å²) in [5, 5.41) is 29.0. The van der Waals surface area contributed by atoms with Gasteiger partial charge in [-0.05, 0) is 24.8 Å². The third-order valence-corrected chi connectivity index (χ3v) is 15.0. The lowest BCUT2D eigenvalue weighted by Crippen LogP contribution is -2.97. The molecule has 2 saturated heterocycles. The Balaban J connectivity index is 1.73. The highest BCUT2D eigenvalue weighted by Gasteiger charge is 3.05. The van der Waals surface area contributed by atoms with Crippen LogP contribution in [0.3, 0.4) is 0 Å². The Bertz CT molecular complexity index is 2030. The molecule has 0 radical (unpaired) electrons. The first-order chi connectivity index (χ1) is 28.4. The highest BCUT2D eigenvalue weighted by atomic mass is 16.8. The van der Waals surface area contributed by atoms with Gasteiger partial charge in [-0.1, -0.05) is 27.7 Å². The van der Waals surface area contributed by atoms with E-state index in [2.05, 4.69) is 0 Å². The zero-order valence-corrected chi connectivity index (χ0v) is 35.9. The number of hydrogen-bond acceptors (Lipinski definition) is 19. The van der Waals surface area contributed by atoms with Crippen LogP contribution in [0, 0.1) is 28.1 Å². The van der Waals surface area contributed by atoms with Gasteiger partial charge in [0.25, 0.3) is 0 Å². The molecule has 61 heavy (non-hydrogen) atoms. The van der Waals surface area contributed by atoms with E-state index in [0.29, 0.717) is 0 Å². The molecule has 2 aliphatic heterocycles. The summed E-state index contributed by atoms with van der Waals surface area (Å²) in [6.07, 6.45) is -7.87. The minimum atomic E-state index is -2.99. The van der Waals surface area contributed by atoms with Crippen LogP contribution in [0.4, 0.5) is 0 Å². The first-order valence-electron chi connectivity index (χ1n) is 20.4. The number of hydrogen-bond donors (Lipinski definition) is 2. The van der Waals surface area contributed by atoms with Gasteiger partial charge in [0.05, 0.1) is 30.5 Å². The molecule has 7 rings (SSSR count). The molecule has 19 heteroatoms. The Morgan fingerprint density at radius 1 is 0.869 bits per heavy atom. The zero-order valence-electron chi connectivity index (χ0n) is 35.9. The van der Waals surface area contributed by atoms with Crippen LogP contribution in [0.1, 0.15) is 106 Å². The molecule has 19 nitrogen and oxygen atoms in total. The maximum atomic E-state index is 14.8. The summed E-state index contributed by atoms with van der Waals surface area (Å²) >= 11 is 0. The van der Waals surface area contributed by atoms with Crippen LogP contribution in [0.15, 0.2) is 23.0 Å². The van der Waals surface area contributed by atoms with Crippen molar-refractivity contribution in [3.63, 3.8) is 0 Å². The van der Waals surface area contributed by atoms with Gasteiger partial charge < -0.3 is 57.3 Å². The predicted molar refractivity (Wildman–Crippen MR) is 199 cm³/mol. The van der Waals surface area contributed by atoms with E-state index in [1.807, 2.05) is 0 Å². The molecule has 336 valence electrons. The molecule has 2 N–H and O–H groups in total. The fourth-order valence-corrected chi connectivity index (χ4v) is 13.3. The number of furan rings is 1. The second kappa shape index (κ2) is 14.2. The van der Waals surface area contributed by atoms with Crippen molar-refractivity contribution in [2.45, 2.75) is 153 Å². The van der Waals surface area contributed by atoms with E-state index < -0.39 is 148 Å². The fraction of sp³-hybridized carbons (Fsp3) is 0.738. The van der Waals surface area contributed by atoms with E-state index in [4.69, 9.17) is 47.0 Å². The van der Waals surface area contributed by atoms with Crippen molar-refractivity contribution >= 4 is 41.8 Å². The monoisotopic (exact) mass is 862 g/mol. The van der Waals surface area contributed by atoms with Gasteiger partial charge in [0.15, 0.2) is 24.1 Å². The van der Waals surface area contributed by atoms with Gasteiger partial charge in [0.1, 0.15) is 35.6 Å². The largest absolute Gasteiger partial charge is 0.472 e. The molecule has 15 atom stereocenters. The lowest BCUT2D eigenvalue weighted by molar-refractivity contribution is -0.447. The third kappa shape index (κ3) is 5.32. The minimum Gasteiger partial charge on any atom is -0.472 e. The van der Waals surface area contributed by atoms with Crippen LogP contribution in [0.2, 0.25) is 0 Å². The van der Waals surface area contributed by atoms with Crippen molar-refractivity contribution in [1.82, 2.24) is 0 Å². The minimum absolute atomic E-state index is 0.0160. The van der Waals surface area contributed by atoms with E-state index >= 15 is 0 Å². The molecule has 1 unspecified atom stereocenters. The molecule has 6 aliphatic rings. The number of aliphatic hydroxyl groups is 2. The molecule has 0 aromatic carbocycles. The molecule has 3 heterocycles. The van der Waals surface area contributed by atoms with E-state index in [-0.39, 0.29) is 24.8 Å². The lowest BCUT2D eigenvalue weighted by atomic mass is 9.32. The molecule has 4 aliphatic carbocycles. The van der Waals surface area contributed by atoms with Crippen molar-refractivity contribution < 1.29 is 90.8 Å². The van der Waals surface area contributed by atoms with Crippen molar-refractivity contribution in [1.29, 1.82) is 0 Å². The van der Waals surface area contributed by atoms with Gasteiger partial charge in [-0.15, -0.1) is 0 Å². The van der Waals surface area contributed by atoms with Crippen LogP contribution >= 0.6 is 0 Å². The Morgan fingerprint density at radius 3 is 2.07 bits per heavy atom. The SMILES string of the molecule is CCC(=O)O[C@H]1[C@@H](OC(C)=O)[C@@]2(O)[C@@]34OC(CC)(C[C@@H]3[C@]1(C)[C@@H](OC(C)=O)c1ccoc1)O[C@@H]4[C@@]1(OC(C)=O)[C@@H](OC(C)=O)[C@]3(C)C[C@@]1(O)[C@@]2(COC(C)=O)[C@H]3CC(=O)OC. The van der Waals surface area contributed by atoms with Gasteiger partial charge in [-0.25, -0.2) is 0 Å². The van der Waals surface area contributed by atoms with Crippen LogP contribution in [0.25, 0.3) is 0 Å². The van der Waals surface area contributed by atoms with Gasteiger partial charge in [-0.3, -0.25) is 33.6 Å². The van der Waals surface area contributed by atoms with Crippen molar-refractivity contribution in [2.75, 3.05) is 13.7 Å². The summed E-state index contributed by atoms with van der Waals surface area (Å²) in [7, 11) is 1.11. The Labute approximate surface area is 351 Å². The van der Waals surface area contributed by atoms with E-state index in [1.165, 1.54) is 25.5 Å². The zero-order chi connectivity index (χ0) is 45.1. The quantitative estimate of drug-likeness (QED) is 0.213. The molecular weight excluding hydrogens is 808 g/mol. The number of fused-ring (bicyclic) bond motifs is 4. The van der Waals surface area contributed by atoms with Crippen molar-refractivity contribution in [2.24, 2.45) is 28.1 Å². The number of ether oxygens (including phenoxy) is 9. The van der Waals surface area contributed by atoms with Gasteiger partial charge in [0, 0.05) is 70.8 Å². The number of esters is 7. The van der Waals surface area contributed by atoms with Crippen molar-refractivity contribution in [3.05, 3.63) is 24.2 Å². The smallest absolute Gasteiger partial charge is 0.305 e. The van der Waals surface area contributed by atoms with E-state index in [0.717, 1.165) is 41.7 Å². The molecule has 4 bridgehead atoms. The number of carbonyl (C=O) groups excluding carboxylic acids is 7. The van der Waals surface area contributed by atoms with E-state index in [1.54, 1.807) is 20.8 Å². The fourth-order valence-electron chi connectivity index (χ4n) is 13.3. The molecular formula is C42H54O19. The van der Waals surface area contributed by atoms with E-state index in [9.17, 15) is 43.8 Å². The van der Waals surface area contributed by atoms with Gasteiger partial charge in [0.2, 0.25) is 5.60 Å². The molecule has 0 amide bonds. The second-order valence-corrected chi connectivity index (χ2v) is 17.9. The summed E-state index contributed by atoms with van der Waals surface area (Å²) in [6, 6.07) is 1.51. The standard InChI is InChI=1S/C42H54O19/c1-11-28(48)58-31-32(56-22(5)45)42(51)38(19-54-20(3)43)26(15-29(49)52-10)35(8)18-39(38,50)41(59-24(7)47,33(35)57-23(6)46)34-40(42)27(16-37(12-2,60-34)61-40)36(31,9)30(55-21(4)44)25-13-14-53-17-25/h13-14,17,26-27,30-34,50-51H,11-12,15-16,18-19H2,1-10H3/t26-,27+,30-,31-,32+,33-,34-,35+,36+,37?,38+,39+,40+,41-,42-/m0/s1. The van der Waals surface area contributed by atoms with Crippen molar-refractivity contribution in [3.8, 4) is 0 Å². The molecule has 4 saturated carbocycles. The highest BCUT2D eigenvalue weighted by Crippen LogP contribution is 2.87. The molecule has 1 spiro atoms. The summed E-state index contributed by atoms with van der Waals surface area (Å²) < 4.78 is 62.0. The number of methoxy groups -OCH3 is 1. The first-order valence-corrected chi connectivity index (χ1v) is 20.4. The van der Waals surface area contributed by atoms with Crippen LogP contribution in [-0.2, 0) is 76.2 Å². The lowest BCUT2D eigenvalue weighted by Gasteiger charge is -2.77. The number of rotatable bonds is 13. The van der Waals surface area contributed by atoms with Gasteiger partial charge in [-0.2, -0.15) is 0 Å². The summed E-state index contributed by atoms with van der Waals surface area (Å²) in [5.74, 6) is -10.9.